The van der Waals surface area contributed by atoms with Gasteiger partial charge in [0.1, 0.15) is 5.82 Å². The van der Waals surface area contributed by atoms with Crippen molar-refractivity contribution in [2.45, 2.75) is 19.3 Å². The van der Waals surface area contributed by atoms with Crippen molar-refractivity contribution in [2.24, 2.45) is 0 Å². The lowest BCUT2D eigenvalue weighted by Crippen LogP contribution is -2.31. The summed E-state index contributed by atoms with van der Waals surface area (Å²) in [5.74, 6) is 0.885. The Hall–Kier alpha value is -1.88. The average molecular weight is 372 g/mol. The van der Waals surface area contributed by atoms with E-state index in [0.717, 1.165) is 42.0 Å². The van der Waals surface area contributed by atoms with Crippen molar-refractivity contribution in [2.75, 3.05) is 29.4 Å². The van der Waals surface area contributed by atoms with Crippen LogP contribution in [-0.2, 0) is 6.42 Å². The summed E-state index contributed by atoms with van der Waals surface area (Å²) in [5, 5.41) is 0. The molecule has 2 aliphatic heterocycles. The topological polar surface area (TPSA) is 36.4 Å². The van der Waals surface area contributed by atoms with Crippen molar-refractivity contribution in [3.63, 3.8) is 0 Å². The van der Waals surface area contributed by atoms with Crippen LogP contribution in [0.25, 0.3) is 0 Å². The van der Waals surface area contributed by atoms with Gasteiger partial charge in [-0.05, 0) is 49.1 Å². The molecule has 4 rings (SSSR count). The third kappa shape index (κ3) is 2.63. The number of hydrogen-bond donors (Lipinski definition) is 0. The van der Waals surface area contributed by atoms with Crippen LogP contribution in [0.2, 0.25) is 0 Å². The molecule has 0 aliphatic carbocycles. The fourth-order valence-corrected chi connectivity index (χ4v) is 3.80. The number of aromatic nitrogens is 1. The Balaban J connectivity index is 1.70. The molecule has 1 fully saturated rings. The highest BCUT2D eigenvalue weighted by molar-refractivity contribution is 9.10. The van der Waals surface area contributed by atoms with Gasteiger partial charge >= 0.3 is 0 Å². The van der Waals surface area contributed by atoms with E-state index in [-0.39, 0.29) is 5.91 Å². The number of fused-ring (bicyclic) bond motifs is 1. The van der Waals surface area contributed by atoms with E-state index in [4.69, 9.17) is 0 Å². The largest absolute Gasteiger partial charge is 0.356 e. The Kier molecular flexibility index (Phi) is 3.81. The van der Waals surface area contributed by atoms with Gasteiger partial charge in [-0.2, -0.15) is 0 Å². The third-order valence-corrected chi connectivity index (χ3v) is 5.10. The van der Waals surface area contributed by atoms with Gasteiger partial charge in [0.05, 0.1) is 5.56 Å². The molecule has 0 bridgehead atoms. The molecule has 0 radical (unpaired) electrons. The van der Waals surface area contributed by atoms with E-state index in [0.29, 0.717) is 5.56 Å². The number of anilines is 2. The average Bonchev–Trinajstić information content (AvgIpc) is 3.23. The number of nitrogens with zero attached hydrogens (tertiary/aromatic N) is 3. The zero-order valence-corrected chi connectivity index (χ0v) is 14.4. The summed E-state index contributed by atoms with van der Waals surface area (Å²) in [6.45, 7) is 2.71. The molecule has 0 N–H and O–H groups in total. The lowest BCUT2D eigenvalue weighted by Gasteiger charge is -2.23. The molecule has 1 saturated heterocycles. The number of benzene rings is 1. The van der Waals surface area contributed by atoms with Crippen LogP contribution in [0.4, 0.5) is 11.5 Å². The summed E-state index contributed by atoms with van der Waals surface area (Å²) in [6.07, 6.45) is 5.03. The number of carbonyl (C=O) groups is 1. The first-order chi connectivity index (χ1) is 11.2. The van der Waals surface area contributed by atoms with Gasteiger partial charge in [-0.25, -0.2) is 4.98 Å². The fraction of sp³-hybridized carbons (Fsp3) is 0.333. The predicted octanol–water partition coefficient (Wildman–Crippen LogP) is 3.65. The maximum Gasteiger partial charge on any atom is 0.262 e. The van der Waals surface area contributed by atoms with Crippen LogP contribution in [0.1, 0.15) is 28.8 Å². The number of hydrogen-bond acceptors (Lipinski definition) is 3. The van der Waals surface area contributed by atoms with Gasteiger partial charge in [-0.1, -0.05) is 22.0 Å². The molecule has 2 aliphatic rings. The lowest BCUT2D eigenvalue weighted by atomic mass is 10.1. The SMILES string of the molecule is O=C(c1cccnc1N1CCCC1)N1CCc2ccc(Br)cc21. The summed E-state index contributed by atoms with van der Waals surface area (Å²) in [7, 11) is 0. The minimum Gasteiger partial charge on any atom is -0.356 e. The predicted molar refractivity (Wildman–Crippen MR) is 95.2 cm³/mol. The van der Waals surface area contributed by atoms with Gasteiger partial charge in [-0.3, -0.25) is 4.79 Å². The van der Waals surface area contributed by atoms with Crippen LogP contribution in [0, 0.1) is 0 Å². The van der Waals surface area contributed by atoms with Crippen LogP contribution < -0.4 is 9.80 Å². The monoisotopic (exact) mass is 371 g/mol. The molecule has 0 spiro atoms. The van der Waals surface area contributed by atoms with Crippen LogP contribution in [0.3, 0.4) is 0 Å². The number of rotatable bonds is 2. The van der Waals surface area contributed by atoms with Crippen molar-refractivity contribution in [3.8, 4) is 0 Å². The Bertz CT molecular complexity index is 756. The molecule has 1 aromatic carbocycles. The van der Waals surface area contributed by atoms with E-state index < -0.39 is 0 Å². The third-order valence-electron chi connectivity index (χ3n) is 4.61. The quantitative estimate of drug-likeness (QED) is 0.808. The van der Waals surface area contributed by atoms with Crippen LogP contribution in [0.15, 0.2) is 41.0 Å². The van der Waals surface area contributed by atoms with Crippen LogP contribution in [0.5, 0.6) is 0 Å². The molecule has 4 nitrogen and oxygen atoms in total. The van der Waals surface area contributed by atoms with Crippen molar-refractivity contribution in [3.05, 3.63) is 52.1 Å². The van der Waals surface area contributed by atoms with Crippen LogP contribution in [-0.4, -0.2) is 30.5 Å². The molecular weight excluding hydrogens is 354 g/mol. The van der Waals surface area contributed by atoms with Gasteiger partial charge < -0.3 is 9.80 Å². The Morgan fingerprint density at radius 2 is 1.96 bits per heavy atom. The second kappa shape index (κ2) is 5.96. The summed E-state index contributed by atoms with van der Waals surface area (Å²) >= 11 is 3.51. The second-order valence-corrected chi connectivity index (χ2v) is 6.96. The standard InChI is InChI=1S/C18H18BrN3O/c19-14-6-5-13-7-11-22(16(13)12-14)18(23)15-4-3-8-20-17(15)21-9-1-2-10-21/h3-6,8,12H,1-2,7,9-11H2. The van der Waals surface area contributed by atoms with Gasteiger partial charge in [0, 0.05) is 36.0 Å². The number of pyridine rings is 1. The molecule has 0 atom stereocenters. The molecule has 1 amide bonds. The lowest BCUT2D eigenvalue weighted by molar-refractivity contribution is 0.0989. The normalized spacial score (nSPS) is 16.7. The molecule has 3 heterocycles. The molecule has 2 aromatic rings. The molecule has 0 unspecified atom stereocenters. The van der Waals surface area contributed by atoms with E-state index in [9.17, 15) is 4.79 Å². The highest BCUT2D eigenvalue weighted by Crippen LogP contribution is 2.33. The molecule has 0 saturated carbocycles. The molecular formula is C18H18BrN3O. The molecule has 118 valence electrons. The maximum atomic E-state index is 13.1. The number of amides is 1. The zero-order valence-electron chi connectivity index (χ0n) is 12.8. The highest BCUT2D eigenvalue weighted by atomic mass is 79.9. The van der Waals surface area contributed by atoms with E-state index >= 15 is 0 Å². The molecule has 5 heteroatoms. The minimum absolute atomic E-state index is 0.0526. The van der Waals surface area contributed by atoms with Crippen molar-refractivity contribution >= 4 is 33.3 Å². The number of carbonyl (C=O) groups excluding carboxylic acids is 1. The van der Waals surface area contributed by atoms with E-state index in [1.807, 2.05) is 29.2 Å². The highest BCUT2D eigenvalue weighted by Gasteiger charge is 2.29. The Morgan fingerprint density at radius 3 is 2.78 bits per heavy atom. The first kappa shape index (κ1) is 14.7. The van der Waals surface area contributed by atoms with Gasteiger partial charge in [-0.15, -0.1) is 0 Å². The molecule has 23 heavy (non-hydrogen) atoms. The van der Waals surface area contributed by atoms with Gasteiger partial charge in [0.15, 0.2) is 0 Å². The minimum atomic E-state index is 0.0526. The summed E-state index contributed by atoms with van der Waals surface area (Å²) in [6, 6.07) is 9.92. The molecule has 1 aromatic heterocycles. The smallest absolute Gasteiger partial charge is 0.262 e. The maximum absolute atomic E-state index is 13.1. The first-order valence-electron chi connectivity index (χ1n) is 8.04. The Labute approximate surface area is 144 Å². The zero-order chi connectivity index (χ0) is 15.8. The van der Waals surface area contributed by atoms with Crippen molar-refractivity contribution in [1.82, 2.24) is 4.98 Å². The van der Waals surface area contributed by atoms with Crippen molar-refractivity contribution in [1.29, 1.82) is 0 Å². The summed E-state index contributed by atoms with van der Waals surface area (Å²) in [4.78, 5) is 21.8. The van der Waals surface area contributed by atoms with E-state index in [2.05, 4.69) is 31.9 Å². The number of halogens is 1. The van der Waals surface area contributed by atoms with Gasteiger partial charge in [0.25, 0.3) is 5.91 Å². The second-order valence-electron chi connectivity index (χ2n) is 6.05. The van der Waals surface area contributed by atoms with Crippen LogP contribution >= 0.6 is 15.9 Å². The van der Waals surface area contributed by atoms with E-state index in [1.54, 1.807) is 6.20 Å². The van der Waals surface area contributed by atoms with E-state index in [1.165, 1.54) is 18.4 Å². The fourth-order valence-electron chi connectivity index (χ4n) is 3.45. The summed E-state index contributed by atoms with van der Waals surface area (Å²) < 4.78 is 1.00. The Morgan fingerprint density at radius 1 is 1.13 bits per heavy atom. The summed E-state index contributed by atoms with van der Waals surface area (Å²) in [5.41, 5.74) is 2.95. The van der Waals surface area contributed by atoms with Crippen molar-refractivity contribution < 1.29 is 4.79 Å². The van der Waals surface area contributed by atoms with Gasteiger partial charge in [0.2, 0.25) is 0 Å². The first-order valence-corrected chi connectivity index (χ1v) is 8.83.